The van der Waals surface area contributed by atoms with Crippen LogP contribution in [0.4, 0.5) is 4.79 Å². The molecule has 0 bridgehead atoms. The first-order valence-corrected chi connectivity index (χ1v) is 9.88. The molecular formula is C23H47N3O3. The zero-order valence-electron chi connectivity index (χ0n) is 18.7. The highest BCUT2D eigenvalue weighted by Crippen LogP contribution is 2.22. The summed E-state index contributed by atoms with van der Waals surface area (Å²) in [4.78, 5) is 23.5. The Labute approximate surface area is 179 Å². The normalized spacial score (nSPS) is 10.7. The fraction of sp³-hybridized carbons (Fsp3) is 0.783. The molecule has 0 aromatic carbocycles. The Hall–Kier alpha value is -1.85. The summed E-state index contributed by atoms with van der Waals surface area (Å²) in [6, 6.07) is 1.50. The number of hydrogen-bond donors (Lipinski definition) is 1. The third-order valence-electron chi connectivity index (χ3n) is 5.16. The Kier molecular flexibility index (Phi) is 15.6. The molecule has 1 rings (SSSR count). The predicted octanol–water partition coefficient (Wildman–Crippen LogP) is 6.14. The largest absolute Gasteiger partial charge is 0.463 e. The van der Waals surface area contributed by atoms with Crippen molar-refractivity contribution in [2.24, 2.45) is 10.8 Å². The van der Waals surface area contributed by atoms with Crippen molar-refractivity contribution in [1.82, 2.24) is 15.1 Å². The SMILES string of the molecule is C.C.CCC(C)(C)C(=O)OCCNC(=O)n1nc(C)cc1C.CCC(C)(C)CC. The number of esters is 1. The summed E-state index contributed by atoms with van der Waals surface area (Å²) in [6.45, 7) is 18.7. The average molecular weight is 414 g/mol. The van der Waals surface area contributed by atoms with E-state index in [9.17, 15) is 9.59 Å². The monoisotopic (exact) mass is 413 g/mol. The van der Waals surface area contributed by atoms with E-state index in [1.807, 2.05) is 40.7 Å². The number of nitrogens with one attached hydrogen (secondary N) is 1. The van der Waals surface area contributed by atoms with Crippen LogP contribution in [0.2, 0.25) is 0 Å². The number of amides is 1. The first kappa shape index (κ1) is 31.8. The van der Waals surface area contributed by atoms with Crippen LogP contribution in [0, 0.1) is 24.7 Å². The molecule has 0 unspecified atom stereocenters. The van der Waals surface area contributed by atoms with E-state index < -0.39 is 5.41 Å². The van der Waals surface area contributed by atoms with Crippen LogP contribution < -0.4 is 5.32 Å². The Balaban J connectivity index is -0.000000649. The smallest absolute Gasteiger partial charge is 0.342 e. The van der Waals surface area contributed by atoms with Gasteiger partial charge in [0.15, 0.2) is 0 Å². The number of carbonyl (C=O) groups excluding carboxylic acids is 2. The predicted molar refractivity (Wildman–Crippen MR) is 123 cm³/mol. The van der Waals surface area contributed by atoms with Crippen LogP contribution in [0.3, 0.4) is 0 Å². The van der Waals surface area contributed by atoms with Crippen molar-refractivity contribution in [2.45, 2.75) is 96.4 Å². The van der Waals surface area contributed by atoms with Crippen molar-refractivity contribution in [3.05, 3.63) is 17.5 Å². The van der Waals surface area contributed by atoms with E-state index in [-0.39, 0.29) is 40.0 Å². The zero-order valence-corrected chi connectivity index (χ0v) is 18.7. The van der Waals surface area contributed by atoms with E-state index in [2.05, 4.69) is 38.1 Å². The minimum atomic E-state index is -0.486. The molecule has 0 aliphatic rings. The van der Waals surface area contributed by atoms with Crippen LogP contribution in [0.25, 0.3) is 0 Å². The zero-order chi connectivity index (χ0) is 21.3. The van der Waals surface area contributed by atoms with Crippen molar-refractivity contribution in [3.63, 3.8) is 0 Å². The van der Waals surface area contributed by atoms with E-state index in [1.54, 1.807) is 0 Å². The lowest BCUT2D eigenvalue weighted by Gasteiger charge is -2.20. The third-order valence-corrected chi connectivity index (χ3v) is 5.16. The Bertz CT molecular complexity index is 599. The maximum absolute atomic E-state index is 11.8. The Morgan fingerprint density at radius 3 is 1.90 bits per heavy atom. The fourth-order valence-corrected chi connectivity index (χ4v) is 1.80. The van der Waals surface area contributed by atoms with Gasteiger partial charge in [0.1, 0.15) is 6.61 Å². The van der Waals surface area contributed by atoms with Crippen molar-refractivity contribution in [1.29, 1.82) is 0 Å². The highest BCUT2D eigenvalue weighted by molar-refractivity contribution is 5.77. The van der Waals surface area contributed by atoms with Crippen LogP contribution in [0.1, 0.15) is 94.0 Å². The summed E-state index contributed by atoms with van der Waals surface area (Å²) >= 11 is 0. The molecule has 0 fully saturated rings. The molecule has 0 aliphatic carbocycles. The molecule has 1 heterocycles. The summed E-state index contributed by atoms with van der Waals surface area (Å²) in [7, 11) is 0. The first-order valence-electron chi connectivity index (χ1n) is 9.88. The van der Waals surface area contributed by atoms with Gasteiger partial charge in [-0.25, -0.2) is 4.79 Å². The molecule has 1 aromatic rings. The van der Waals surface area contributed by atoms with Gasteiger partial charge in [-0.2, -0.15) is 9.78 Å². The van der Waals surface area contributed by atoms with Crippen LogP contribution >= 0.6 is 0 Å². The van der Waals surface area contributed by atoms with E-state index in [0.717, 1.165) is 11.4 Å². The molecule has 0 radical (unpaired) electrons. The van der Waals surface area contributed by atoms with Gasteiger partial charge in [0, 0.05) is 5.69 Å². The number of aryl methyl sites for hydroxylation is 2. The van der Waals surface area contributed by atoms with Gasteiger partial charge in [-0.15, -0.1) is 0 Å². The van der Waals surface area contributed by atoms with Gasteiger partial charge in [0.25, 0.3) is 0 Å². The molecule has 6 heteroatoms. The van der Waals surface area contributed by atoms with Crippen molar-refractivity contribution in [2.75, 3.05) is 13.2 Å². The lowest BCUT2D eigenvalue weighted by molar-refractivity contribution is -0.153. The first-order chi connectivity index (χ1) is 12.4. The Morgan fingerprint density at radius 1 is 1.03 bits per heavy atom. The molecule has 0 saturated heterocycles. The maximum Gasteiger partial charge on any atom is 0.342 e. The second-order valence-corrected chi connectivity index (χ2v) is 8.32. The van der Waals surface area contributed by atoms with Gasteiger partial charge < -0.3 is 10.1 Å². The number of carbonyl (C=O) groups is 2. The summed E-state index contributed by atoms with van der Waals surface area (Å²) in [5.74, 6) is -0.250. The van der Waals surface area contributed by atoms with Gasteiger partial charge in [-0.1, -0.05) is 62.3 Å². The molecule has 0 saturated carbocycles. The van der Waals surface area contributed by atoms with Crippen LogP contribution in [-0.2, 0) is 9.53 Å². The van der Waals surface area contributed by atoms with Gasteiger partial charge in [0.05, 0.1) is 17.7 Å². The summed E-state index contributed by atoms with van der Waals surface area (Å²) in [5.41, 5.74) is 1.65. The van der Waals surface area contributed by atoms with Crippen LogP contribution in [0.5, 0.6) is 0 Å². The van der Waals surface area contributed by atoms with E-state index in [1.165, 1.54) is 17.5 Å². The van der Waals surface area contributed by atoms with Gasteiger partial charge in [-0.3, -0.25) is 4.79 Å². The lowest BCUT2D eigenvalue weighted by atomic mass is 9.88. The molecule has 6 nitrogen and oxygen atoms in total. The summed E-state index contributed by atoms with van der Waals surface area (Å²) < 4.78 is 6.43. The Morgan fingerprint density at radius 2 is 1.55 bits per heavy atom. The van der Waals surface area contributed by atoms with E-state index in [4.69, 9.17) is 4.74 Å². The number of rotatable bonds is 7. The third kappa shape index (κ3) is 11.7. The van der Waals surface area contributed by atoms with Crippen molar-refractivity contribution >= 4 is 12.0 Å². The molecule has 0 spiro atoms. The number of nitrogens with zero attached hydrogens (tertiary/aromatic N) is 2. The summed E-state index contributed by atoms with van der Waals surface area (Å²) in [6.07, 6.45) is 3.30. The quantitative estimate of drug-likeness (QED) is 0.430. The minimum absolute atomic E-state index is 0. The number of ether oxygens (including phenoxy) is 1. The van der Waals surface area contributed by atoms with E-state index in [0.29, 0.717) is 11.8 Å². The highest BCUT2D eigenvalue weighted by atomic mass is 16.5. The molecule has 0 aliphatic heterocycles. The van der Waals surface area contributed by atoms with Gasteiger partial charge in [0.2, 0.25) is 0 Å². The maximum atomic E-state index is 11.8. The second kappa shape index (κ2) is 14.2. The molecule has 29 heavy (non-hydrogen) atoms. The van der Waals surface area contributed by atoms with Gasteiger partial charge >= 0.3 is 12.0 Å². The standard InChI is InChI=1S/C14H23N3O3.C7H16.2CH4/c1-6-14(4,5)12(18)20-8-7-15-13(19)17-11(3)9-10(2)16-17;1-5-7(3,4)6-2;;/h9H,6-8H2,1-5H3,(H,15,19);5-6H2,1-4H3;2*1H4. The number of hydrogen-bond acceptors (Lipinski definition) is 4. The van der Waals surface area contributed by atoms with Crippen LogP contribution in [-0.4, -0.2) is 34.9 Å². The lowest BCUT2D eigenvalue weighted by Crippen LogP contribution is -2.34. The molecular weight excluding hydrogens is 366 g/mol. The fourth-order valence-electron chi connectivity index (χ4n) is 1.80. The van der Waals surface area contributed by atoms with Crippen molar-refractivity contribution < 1.29 is 14.3 Å². The summed E-state index contributed by atoms with van der Waals surface area (Å²) in [5, 5.41) is 6.74. The van der Waals surface area contributed by atoms with Crippen molar-refractivity contribution in [3.8, 4) is 0 Å². The molecule has 1 N–H and O–H groups in total. The molecule has 1 aromatic heterocycles. The topological polar surface area (TPSA) is 73.2 Å². The van der Waals surface area contributed by atoms with Crippen LogP contribution in [0.15, 0.2) is 6.07 Å². The van der Waals surface area contributed by atoms with E-state index >= 15 is 0 Å². The molecule has 172 valence electrons. The van der Waals surface area contributed by atoms with Gasteiger partial charge in [-0.05, 0) is 45.6 Å². The minimum Gasteiger partial charge on any atom is -0.463 e. The number of aromatic nitrogens is 2. The highest BCUT2D eigenvalue weighted by Gasteiger charge is 2.26. The second-order valence-electron chi connectivity index (χ2n) is 8.32. The molecule has 0 atom stereocenters. The average Bonchev–Trinajstić information content (AvgIpc) is 2.97. The molecule has 1 amide bonds.